The van der Waals surface area contributed by atoms with Gasteiger partial charge in [0.25, 0.3) is 0 Å². The van der Waals surface area contributed by atoms with Gasteiger partial charge >= 0.3 is 0 Å². The fraction of sp³-hybridized carbons (Fsp3) is 0.300. The Morgan fingerprint density at radius 3 is 3.00 bits per heavy atom. The summed E-state index contributed by atoms with van der Waals surface area (Å²) in [7, 11) is 0. The number of fused-ring (bicyclic) bond motifs is 1. The molecule has 2 aromatic rings. The maximum absolute atomic E-state index is 5.16. The molecule has 0 spiro atoms. The molecule has 3 rings (SSSR count). The molecule has 0 aliphatic carbocycles. The summed E-state index contributed by atoms with van der Waals surface area (Å²) < 4.78 is 8.30. The summed E-state index contributed by atoms with van der Waals surface area (Å²) in [5.41, 5.74) is 1.18. The van der Waals surface area contributed by atoms with E-state index in [-0.39, 0.29) is 0 Å². The molecule has 0 saturated carbocycles. The van der Waals surface area contributed by atoms with Crippen molar-refractivity contribution in [3.8, 4) is 0 Å². The summed E-state index contributed by atoms with van der Waals surface area (Å²) in [6.45, 7) is 1.57. The van der Waals surface area contributed by atoms with E-state index in [0.717, 1.165) is 17.7 Å². The van der Waals surface area contributed by atoms with E-state index in [1.54, 1.807) is 0 Å². The third-order valence-electron chi connectivity index (χ3n) is 2.52. The molecule has 0 bridgehead atoms. The van der Waals surface area contributed by atoms with E-state index in [1.807, 2.05) is 16.9 Å². The van der Waals surface area contributed by atoms with Crippen molar-refractivity contribution in [2.45, 2.75) is 6.04 Å². The van der Waals surface area contributed by atoms with Gasteiger partial charge in [-0.2, -0.15) is 5.10 Å². The Bertz CT molecular complexity index is 476. The lowest BCUT2D eigenvalue weighted by atomic mass is 10.2. The molecule has 72 valence electrons. The predicted molar refractivity (Wildman–Crippen MR) is 57.3 cm³/mol. The zero-order valence-electron chi connectivity index (χ0n) is 7.48. The molecular formula is C10H9BrN2O. The van der Waals surface area contributed by atoms with Gasteiger partial charge in [0.05, 0.1) is 31.0 Å². The smallest absolute Gasteiger partial charge is 0.0992 e. The Morgan fingerprint density at radius 1 is 1.43 bits per heavy atom. The molecule has 4 heteroatoms. The van der Waals surface area contributed by atoms with E-state index in [4.69, 9.17) is 4.74 Å². The van der Waals surface area contributed by atoms with Crippen LogP contribution in [-0.4, -0.2) is 23.0 Å². The molecule has 1 aromatic heterocycles. The molecule has 1 fully saturated rings. The number of hydrogen-bond donors (Lipinski definition) is 0. The van der Waals surface area contributed by atoms with Crippen molar-refractivity contribution in [3.63, 3.8) is 0 Å². The molecule has 0 N–H and O–H groups in total. The van der Waals surface area contributed by atoms with Crippen LogP contribution in [0.3, 0.4) is 0 Å². The van der Waals surface area contributed by atoms with Crippen molar-refractivity contribution in [3.05, 3.63) is 28.9 Å². The van der Waals surface area contributed by atoms with Gasteiger partial charge in [-0.1, -0.05) is 15.9 Å². The van der Waals surface area contributed by atoms with Gasteiger partial charge in [-0.25, -0.2) is 0 Å². The number of halogens is 1. The fourth-order valence-electron chi connectivity index (χ4n) is 1.68. The normalized spacial score (nSPS) is 17.2. The Balaban J connectivity index is 2.16. The molecule has 0 unspecified atom stereocenters. The molecule has 14 heavy (non-hydrogen) atoms. The molecule has 0 radical (unpaired) electrons. The summed E-state index contributed by atoms with van der Waals surface area (Å²) in [6.07, 6.45) is 1.90. The maximum Gasteiger partial charge on any atom is 0.0992 e. The summed E-state index contributed by atoms with van der Waals surface area (Å²) >= 11 is 3.45. The van der Waals surface area contributed by atoms with Gasteiger partial charge in [0.15, 0.2) is 0 Å². The Hall–Kier alpha value is -0.870. The average Bonchev–Trinajstić information content (AvgIpc) is 2.45. The van der Waals surface area contributed by atoms with Crippen molar-refractivity contribution in [1.82, 2.24) is 9.78 Å². The van der Waals surface area contributed by atoms with E-state index in [2.05, 4.69) is 33.2 Å². The van der Waals surface area contributed by atoms with Crippen molar-refractivity contribution < 1.29 is 4.74 Å². The van der Waals surface area contributed by atoms with Crippen LogP contribution >= 0.6 is 15.9 Å². The topological polar surface area (TPSA) is 27.1 Å². The number of nitrogens with zero attached hydrogens (tertiary/aromatic N) is 2. The van der Waals surface area contributed by atoms with Gasteiger partial charge in [0.2, 0.25) is 0 Å². The molecule has 1 aromatic carbocycles. The quantitative estimate of drug-likeness (QED) is 0.780. The molecule has 3 nitrogen and oxygen atoms in total. The first-order valence-electron chi connectivity index (χ1n) is 4.55. The molecule has 2 heterocycles. The van der Waals surface area contributed by atoms with Gasteiger partial charge in [-0.15, -0.1) is 0 Å². The van der Waals surface area contributed by atoms with E-state index in [9.17, 15) is 0 Å². The minimum Gasteiger partial charge on any atom is -0.377 e. The minimum atomic E-state index is 0.425. The number of benzene rings is 1. The highest BCUT2D eigenvalue weighted by Gasteiger charge is 2.22. The first kappa shape index (κ1) is 8.44. The largest absolute Gasteiger partial charge is 0.377 e. The fourth-order valence-corrected chi connectivity index (χ4v) is 2.06. The van der Waals surface area contributed by atoms with Gasteiger partial charge in [-0.05, 0) is 18.2 Å². The first-order valence-corrected chi connectivity index (χ1v) is 5.34. The summed E-state index contributed by atoms with van der Waals surface area (Å²) in [5.74, 6) is 0. The highest BCUT2D eigenvalue weighted by molar-refractivity contribution is 9.10. The van der Waals surface area contributed by atoms with Gasteiger partial charge in [-0.3, -0.25) is 4.68 Å². The van der Waals surface area contributed by atoms with Crippen LogP contribution in [0.4, 0.5) is 0 Å². The second kappa shape index (κ2) is 3.07. The van der Waals surface area contributed by atoms with Crippen molar-refractivity contribution in [1.29, 1.82) is 0 Å². The Morgan fingerprint density at radius 2 is 2.29 bits per heavy atom. The van der Waals surface area contributed by atoms with E-state index >= 15 is 0 Å². The Kier molecular flexibility index (Phi) is 1.85. The molecule has 0 amide bonds. The molecule has 1 saturated heterocycles. The van der Waals surface area contributed by atoms with E-state index in [0.29, 0.717) is 6.04 Å². The van der Waals surface area contributed by atoms with Crippen LogP contribution in [-0.2, 0) is 4.74 Å². The zero-order chi connectivity index (χ0) is 9.54. The van der Waals surface area contributed by atoms with Crippen LogP contribution < -0.4 is 0 Å². The number of aromatic nitrogens is 2. The zero-order valence-corrected chi connectivity index (χ0v) is 9.07. The lowest BCUT2D eigenvalue weighted by molar-refractivity contribution is -0.0266. The number of rotatable bonds is 1. The SMILES string of the molecule is Brc1ccc2c(cnn2C2COC2)c1. The number of hydrogen-bond acceptors (Lipinski definition) is 2. The summed E-state index contributed by atoms with van der Waals surface area (Å²) in [4.78, 5) is 0. The van der Waals surface area contributed by atoms with Crippen LogP contribution in [0.2, 0.25) is 0 Å². The average molecular weight is 253 g/mol. The summed E-state index contributed by atoms with van der Waals surface area (Å²) in [5, 5.41) is 5.55. The van der Waals surface area contributed by atoms with Crippen LogP contribution in [0.25, 0.3) is 10.9 Å². The van der Waals surface area contributed by atoms with Crippen LogP contribution in [0.1, 0.15) is 6.04 Å². The molecule has 1 aliphatic rings. The Labute approximate surface area is 89.8 Å². The van der Waals surface area contributed by atoms with Gasteiger partial charge < -0.3 is 4.74 Å². The third-order valence-corrected chi connectivity index (χ3v) is 3.02. The van der Waals surface area contributed by atoms with Crippen molar-refractivity contribution >= 4 is 26.8 Å². The second-order valence-corrected chi connectivity index (χ2v) is 4.40. The van der Waals surface area contributed by atoms with E-state index in [1.165, 1.54) is 10.9 Å². The van der Waals surface area contributed by atoms with Gasteiger partial charge in [0.1, 0.15) is 0 Å². The van der Waals surface area contributed by atoms with E-state index < -0.39 is 0 Å². The van der Waals surface area contributed by atoms with Crippen molar-refractivity contribution in [2.24, 2.45) is 0 Å². The molecule has 1 aliphatic heterocycles. The van der Waals surface area contributed by atoms with Crippen LogP contribution in [0, 0.1) is 0 Å². The van der Waals surface area contributed by atoms with Crippen molar-refractivity contribution in [2.75, 3.05) is 13.2 Å². The molecule has 0 atom stereocenters. The predicted octanol–water partition coefficient (Wildman–Crippen LogP) is 2.37. The third kappa shape index (κ3) is 1.18. The standard InChI is InChI=1S/C10H9BrN2O/c11-8-1-2-10-7(3-8)4-12-13(10)9-5-14-6-9/h1-4,9H,5-6H2. The lowest BCUT2D eigenvalue weighted by Crippen LogP contribution is -2.31. The lowest BCUT2D eigenvalue weighted by Gasteiger charge is -2.26. The highest BCUT2D eigenvalue weighted by atomic mass is 79.9. The molecular weight excluding hydrogens is 244 g/mol. The second-order valence-electron chi connectivity index (χ2n) is 3.48. The minimum absolute atomic E-state index is 0.425. The van der Waals surface area contributed by atoms with Crippen LogP contribution in [0.5, 0.6) is 0 Å². The number of ether oxygens (including phenoxy) is 1. The van der Waals surface area contributed by atoms with Gasteiger partial charge in [0, 0.05) is 9.86 Å². The first-order chi connectivity index (χ1) is 6.84. The summed E-state index contributed by atoms with van der Waals surface area (Å²) in [6, 6.07) is 6.64. The maximum atomic E-state index is 5.16. The highest BCUT2D eigenvalue weighted by Crippen LogP contribution is 2.24. The monoisotopic (exact) mass is 252 g/mol. The van der Waals surface area contributed by atoms with Crippen LogP contribution in [0.15, 0.2) is 28.9 Å².